The van der Waals surface area contributed by atoms with Gasteiger partial charge in [0.2, 0.25) is 5.91 Å². The van der Waals surface area contributed by atoms with Gasteiger partial charge in [-0.15, -0.1) is 0 Å². The van der Waals surface area contributed by atoms with E-state index in [1.807, 2.05) is 37.4 Å². The van der Waals surface area contributed by atoms with Gasteiger partial charge in [-0.2, -0.15) is 0 Å². The fourth-order valence-electron chi connectivity index (χ4n) is 2.59. The lowest BCUT2D eigenvalue weighted by Gasteiger charge is -2.17. The molecular weight excluding hydrogens is 394 g/mol. The lowest BCUT2D eigenvalue weighted by molar-refractivity contribution is -0.120. The van der Waals surface area contributed by atoms with Crippen LogP contribution in [0.4, 0.5) is 11.6 Å². The molecule has 0 spiro atoms. The molecule has 9 nitrogen and oxygen atoms in total. The number of nitrogens with one attached hydrogen (secondary N) is 2. The van der Waals surface area contributed by atoms with Crippen LogP contribution in [0.2, 0.25) is 5.15 Å². The molecule has 1 aromatic heterocycles. The number of anilines is 2. The second-order valence-corrected chi connectivity index (χ2v) is 6.92. The summed E-state index contributed by atoms with van der Waals surface area (Å²) in [5.41, 5.74) is 12.1. The number of amides is 2. The van der Waals surface area contributed by atoms with Crippen LogP contribution < -0.4 is 22.1 Å². The van der Waals surface area contributed by atoms with E-state index in [4.69, 9.17) is 23.1 Å². The lowest BCUT2D eigenvalue weighted by atomic mass is 10.1. The number of carbonyl (C=O) groups excluding carboxylic acids is 2. The molecule has 6 N–H and O–H groups in total. The second kappa shape index (κ2) is 11.2. The normalized spacial score (nSPS) is 10.7. The number of hydrogen-bond donors (Lipinski definition) is 4. The molecule has 2 aromatic rings. The first-order chi connectivity index (χ1) is 13.9. The van der Waals surface area contributed by atoms with Crippen molar-refractivity contribution in [1.82, 2.24) is 25.5 Å². The number of halogens is 1. The van der Waals surface area contributed by atoms with Gasteiger partial charge in [-0.05, 0) is 25.6 Å². The van der Waals surface area contributed by atoms with Crippen LogP contribution in [0.15, 0.2) is 30.3 Å². The Labute approximate surface area is 174 Å². The van der Waals surface area contributed by atoms with E-state index >= 15 is 0 Å². The van der Waals surface area contributed by atoms with Crippen LogP contribution >= 0.6 is 11.6 Å². The number of nitrogen functional groups attached to an aromatic ring is 2. The van der Waals surface area contributed by atoms with Gasteiger partial charge in [-0.3, -0.25) is 9.59 Å². The summed E-state index contributed by atoms with van der Waals surface area (Å²) in [6.07, 6.45) is 1.18. The molecule has 2 rings (SSSR count). The molecule has 0 aliphatic carbocycles. The van der Waals surface area contributed by atoms with Crippen molar-refractivity contribution in [2.24, 2.45) is 0 Å². The monoisotopic (exact) mass is 419 g/mol. The molecule has 1 aromatic carbocycles. The molecule has 0 aliphatic heterocycles. The van der Waals surface area contributed by atoms with Gasteiger partial charge in [-0.1, -0.05) is 41.9 Å². The highest BCUT2D eigenvalue weighted by atomic mass is 35.5. The van der Waals surface area contributed by atoms with E-state index < -0.39 is 5.91 Å². The van der Waals surface area contributed by atoms with Crippen LogP contribution in [0, 0.1) is 0 Å². The van der Waals surface area contributed by atoms with Gasteiger partial charge in [0, 0.05) is 19.6 Å². The minimum Gasteiger partial charge on any atom is -0.382 e. The number of hydrogen-bond acceptors (Lipinski definition) is 7. The predicted molar refractivity (Wildman–Crippen MR) is 113 cm³/mol. The van der Waals surface area contributed by atoms with Crippen LogP contribution in [0.3, 0.4) is 0 Å². The van der Waals surface area contributed by atoms with Crippen LogP contribution in [0.5, 0.6) is 0 Å². The SMILES string of the molecule is CN(CCCNC(=O)Cc1ccccc1)CCNC(=O)c1nc(Cl)c(N)nc1N. The number of nitrogens with two attached hydrogens (primary N) is 2. The molecule has 0 aliphatic rings. The maximum Gasteiger partial charge on any atom is 0.273 e. The van der Waals surface area contributed by atoms with E-state index in [9.17, 15) is 9.59 Å². The van der Waals surface area contributed by atoms with E-state index in [1.165, 1.54) is 0 Å². The summed E-state index contributed by atoms with van der Waals surface area (Å²) in [5.74, 6) is -0.536. The Morgan fingerprint density at radius 2 is 1.76 bits per heavy atom. The molecule has 0 fully saturated rings. The Hall–Kier alpha value is -2.91. The van der Waals surface area contributed by atoms with Gasteiger partial charge >= 0.3 is 0 Å². The first-order valence-corrected chi connectivity index (χ1v) is 9.60. The van der Waals surface area contributed by atoms with Gasteiger partial charge in [-0.25, -0.2) is 9.97 Å². The molecule has 156 valence electrons. The number of benzene rings is 1. The van der Waals surface area contributed by atoms with Crippen molar-refractivity contribution >= 4 is 35.1 Å². The largest absolute Gasteiger partial charge is 0.382 e. The zero-order valence-electron chi connectivity index (χ0n) is 16.3. The molecular formula is C19H26ClN7O2. The highest BCUT2D eigenvalue weighted by Gasteiger charge is 2.15. The fraction of sp³-hybridized carbons (Fsp3) is 0.368. The van der Waals surface area contributed by atoms with E-state index in [2.05, 4.69) is 25.5 Å². The Kier molecular flexibility index (Phi) is 8.63. The molecule has 0 atom stereocenters. The molecule has 10 heteroatoms. The van der Waals surface area contributed by atoms with Crippen LogP contribution in [-0.4, -0.2) is 59.9 Å². The average molecular weight is 420 g/mol. The predicted octanol–water partition coefficient (Wildman–Crippen LogP) is 0.705. The summed E-state index contributed by atoms with van der Waals surface area (Å²) in [7, 11) is 1.94. The molecule has 0 unspecified atom stereocenters. The molecule has 1 heterocycles. The summed E-state index contributed by atoms with van der Waals surface area (Å²) in [4.78, 5) is 33.7. The molecule has 29 heavy (non-hydrogen) atoms. The Morgan fingerprint density at radius 1 is 1.03 bits per heavy atom. The van der Waals surface area contributed by atoms with Gasteiger partial charge in [0.1, 0.15) is 0 Å². The molecule has 2 amide bonds. The summed E-state index contributed by atoms with van der Waals surface area (Å²) < 4.78 is 0. The van der Waals surface area contributed by atoms with Crippen molar-refractivity contribution in [3.05, 3.63) is 46.7 Å². The number of likely N-dealkylation sites (N-methyl/N-ethyl adjacent to an activating group) is 1. The molecule has 0 bridgehead atoms. The lowest BCUT2D eigenvalue weighted by Crippen LogP contribution is -2.35. The van der Waals surface area contributed by atoms with Crippen molar-refractivity contribution in [3.63, 3.8) is 0 Å². The highest BCUT2D eigenvalue weighted by Crippen LogP contribution is 2.17. The van der Waals surface area contributed by atoms with Crippen molar-refractivity contribution in [2.75, 3.05) is 44.7 Å². The first kappa shape index (κ1) is 22.4. The summed E-state index contributed by atoms with van der Waals surface area (Å²) in [5, 5.41) is 5.57. The number of carbonyl (C=O) groups is 2. The van der Waals surface area contributed by atoms with Gasteiger partial charge in [0.25, 0.3) is 5.91 Å². The molecule has 0 saturated carbocycles. The topological polar surface area (TPSA) is 139 Å². The zero-order valence-corrected chi connectivity index (χ0v) is 17.1. The number of nitrogens with zero attached hydrogens (tertiary/aromatic N) is 3. The second-order valence-electron chi connectivity index (χ2n) is 6.56. The third-order valence-electron chi connectivity index (χ3n) is 4.15. The smallest absolute Gasteiger partial charge is 0.273 e. The quantitative estimate of drug-likeness (QED) is 0.416. The standard InChI is InChI=1S/C19H26ClN7O2/c1-27(10-5-8-23-14(28)12-13-6-3-2-4-7-13)11-9-24-19(29)15-17(21)26-18(22)16(20)25-15/h2-4,6-7H,5,8-12H2,1H3,(H,23,28)(H,24,29)(H4,21,22,26). The minimum atomic E-state index is -0.460. The minimum absolute atomic E-state index is 0.00646. The molecule has 0 saturated heterocycles. The Morgan fingerprint density at radius 3 is 2.48 bits per heavy atom. The summed E-state index contributed by atoms with van der Waals surface area (Å²) >= 11 is 5.78. The van der Waals surface area contributed by atoms with E-state index in [-0.39, 0.29) is 28.4 Å². The van der Waals surface area contributed by atoms with Crippen molar-refractivity contribution < 1.29 is 9.59 Å². The van der Waals surface area contributed by atoms with Crippen LogP contribution in [0.25, 0.3) is 0 Å². The summed E-state index contributed by atoms with van der Waals surface area (Å²) in [6.45, 7) is 2.40. The van der Waals surface area contributed by atoms with E-state index in [0.717, 1.165) is 18.5 Å². The Bertz CT molecular complexity index is 833. The zero-order chi connectivity index (χ0) is 21.2. The van der Waals surface area contributed by atoms with Gasteiger partial charge < -0.3 is 27.0 Å². The number of rotatable bonds is 10. The third kappa shape index (κ3) is 7.55. The molecule has 0 radical (unpaired) electrons. The first-order valence-electron chi connectivity index (χ1n) is 9.22. The van der Waals surface area contributed by atoms with Crippen molar-refractivity contribution in [3.8, 4) is 0 Å². The fourth-order valence-corrected chi connectivity index (χ4v) is 2.71. The van der Waals surface area contributed by atoms with Gasteiger partial charge in [0.05, 0.1) is 6.42 Å². The van der Waals surface area contributed by atoms with Gasteiger partial charge in [0.15, 0.2) is 22.5 Å². The van der Waals surface area contributed by atoms with Crippen LogP contribution in [-0.2, 0) is 11.2 Å². The maximum absolute atomic E-state index is 12.1. The van der Waals surface area contributed by atoms with Crippen LogP contribution in [0.1, 0.15) is 22.5 Å². The highest BCUT2D eigenvalue weighted by molar-refractivity contribution is 6.31. The van der Waals surface area contributed by atoms with Crippen molar-refractivity contribution in [2.45, 2.75) is 12.8 Å². The van der Waals surface area contributed by atoms with E-state index in [0.29, 0.717) is 26.1 Å². The Balaban J connectivity index is 1.61. The maximum atomic E-state index is 12.1. The van der Waals surface area contributed by atoms with Crippen molar-refractivity contribution in [1.29, 1.82) is 0 Å². The average Bonchev–Trinajstić information content (AvgIpc) is 2.68. The third-order valence-corrected chi connectivity index (χ3v) is 4.42. The van der Waals surface area contributed by atoms with E-state index in [1.54, 1.807) is 0 Å². The number of aromatic nitrogens is 2. The summed E-state index contributed by atoms with van der Waals surface area (Å²) in [6, 6.07) is 9.61.